The standard InChI is InChI=1S/C24H23Cl2N3O5S2/c25-21-4-3-5-22(23(21)26)28-36(33,34)20-12-10-19(11-13-20)27-24(30)18-8-6-17(7-9-18)16-35(31,32)29-14-1-2-15-29/h3-13,28H,1-2,14-16H2,(H,27,30). The van der Waals surface area contributed by atoms with Gasteiger partial charge >= 0.3 is 0 Å². The number of hydrogen-bond acceptors (Lipinski definition) is 5. The van der Waals surface area contributed by atoms with Gasteiger partial charge in [-0.3, -0.25) is 9.52 Å². The van der Waals surface area contributed by atoms with Crippen LogP contribution in [0.15, 0.2) is 71.6 Å². The topological polar surface area (TPSA) is 113 Å². The first kappa shape index (κ1) is 26.4. The lowest BCUT2D eigenvalue weighted by molar-refractivity contribution is 0.102. The number of nitrogens with one attached hydrogen (secondary N) is 2. The molecule has 1 fully saturated rings. The van der Waals surface area contributed by atoms with E-state index in [9.17, 15) is 21.6 Å². The van der Waals surface area contributed by atoms with E-state index < -0.39 is 26.0 Å². The molecule has 0 aliphatic carbocycles. The highest BCUT2D eigenvalue weighted by atomic mass is 35.5. The molecule has 3 aromatic carbocycles. The molecule has 0 saturated carbocycles. The van der Waals surface area contributed by atoms with Gasteiger partial charge in [0, 0.05) is 24.3 Å². The van der Waals surface area contributed by atoms with Gasteiger partial charge in [0.25, 0.3) is 15.9 Å². The maximum Gasteiger partial charge on any atom is 0.261 e. The van der Waals surface area contributed by atoms with Gasteiger partial charge in [-0.2, -0.15) is 0 Å². The first-order chi connectivity index (χ1) is 17.0. The van der Waals surface area contributed by atoms with E-state index in [1.165, 1.54) is 34.6 Å². The number of hydrogen-bond donors (Lipinski definition) is 2. The number of anilines is 2. The van der Waals surface area contributed by atoms with Gasteiger partial charge < -0.3 is 5.32 Å². The molecule has 4 rings (SSSR count). The summed E-state index contributed by atoms with van der Waals surface area (Å²) in [5, 5.41) is 3.00. The van der Waals surface area contributed by atoms with Crippen molar-refractivity contribution in [3.63, 3.8) is 0 Å². The van der Waals surface area contributed by atoms with Crippen LogP contribution >= 0.6 is 23.2 Å². The van der Waals surface area contributed by atoms with Crippen LogP contribution in [0.3, 0.4) is 0 Å². The van der Waals surface area contributed by atoms with Crippen molar-refractivity contribution in [1.29, 1.82) is 0 Å². The lowest BCUT2D eigenvalue weighted by atomic mass is 10.1. The first-order valence-electron chi connectivity index (χ1n) is 11.0. The Kier molecular flexibility index (Phi) is 7.91. The Morgan fingerprint density at radius 2 is 1.50 bits per heavy atom. The summed E-state index contributed by atoms with van der Waals surface area (Å²) in [6.45, 7) is 1.10. The zero-order chi connectivity index (χ0) is 25.9. The highest BCUT2D eigenvalue weighted by molar-refractivity contribution is 7.92. The van der Waals surface area contributed by atoms with E-state index >= 15 is 0 Å². The van der Waals surface area contributed by atoms with E-state index in [0.29, 0.717) is 29.9 Å². The average molecular weight is 569 g/mol. The Balaban J connectivity index is 1.39. The molecule has 1 aliphatic heterocycles. The molecule has 2 N–H and O–H groups in total. The molecule has 12 heteroatoms. The van der Waals surface area contributed by atoms with Gasteiger partial charge in [0.15, 0.2) is 0 Å². The molecule has 8 nitrogen and oxygen atoms in total. The zero-order valence-corrected chi connectivity index (χ0v) is 22.1. The summed E-state index contributed by atoms with van der Waals surface area (Å²) in [4.78, 5) is 12.6. The highest BCUT2D eigenvalue weighted by Gasteiger charge is 2.25. The molecule has 1 aliphatic rings. The van der Waals surface area contributed by atoms with E-state index in [1.54, 1.807) is 36.4 Å². The third-order valence-corrected chi connectivity index (χ3v) is 9.69. The Hall–Kier alpha value is -2.63. The van der Waals surface area contributed by atoms with E-state index in [4.69, 9.17) is 23.2 Å². The maximum absolute atomic E-state index is 12.7. The second-order valence-corrected chi connectivity index (χ2v) is 12.7. The summed E-state index contributed by atoms with van der Waals surface area (Å²) in [7, 11) is -7.31. The van der Waals surface area contributed by atoms with Crippen LogP contribution in [0.4, 0.5) is 11.4 Å². The molecule has 0 aromatic heterocycles. The third-order valence-electron chi connectivity index (χ3n) is 5.64. The number of rotatable bonds is 8. The molecular weight excluding hydrogens is 545 g/mol. The second kappa shape index (κ2) is 10.8. The minimum atomic E-state index is -3.93. The summed E-state index contributed by atoms with van der Waals surface area (Å²) in [6, 6.07) is 16.6. The fourth-order valence-corrected chi connectivity index (χ4v) is 6.81. The van der Waals surface area contributed by atoms with Gasteiger partial charge in [0.1, 0.15) is 0 Å². The highest BCUT2D eigenvalue weighted by Crippen LogP contribution is 2.31. The number of halogens is 2. The molecule has 36 heavy (non-hydrogen) atoms. The smallest absolute Gasteiger partial charge is 0.261 e. The van der Waals surface area contributed by atoms with Crippen molar-refractivity contribution >= 4 is 60.5 Å². The molecular formula is C24H23Cl2N3O5S2. The van der Waals surface area contributed by atoms with Crippen molar-refractivity contribution in [1.82, 2.24) is 4.31 Å². The molecule has 1 amide bonds. The lowest BCUT2D eigenvalue weighted by Crippen LogP contribution is -2.29. The van der Waals surface area contributed by atoms with Crippen molar-refractivity contribution in [2.45, 2.75) is 23.5 Å². The minimum absolute atomic E-state index is 0.0277. The third kappa shape index (κ3) is 6.19. The molecule has 1 heterocycles. The fraction of sp³-hybridized carbons (Fsp3) is 0.208. The van der Waals surface area contributed by atoms with E-state index in [1.807, 2.05) is 0 Å². The van der Waals surface area contributed by atoms with E-state index in [-0.39, 0.29) is 26.4 Å². The predicted molar refractivity (Wildman–Crippen MR) is 142 cm³/mol. The summed E-state index contributed by atoms with van der Waals surface area (Å²) in [5.41, 5.74) is 1.48. The van der Waals surface area contributed by atoms with Gasteiger partial charge in [-0.15, -0.1) is 0 Å². The molecule has 0 unspecified atom stereocenters. The van der Waals surface area contributed by atoms with E-state index in [0.717, 1.165) is 12.8 Å². The Morgan fingerprint density at radius 3 is 2.14 bits per heavy atom. The van der Waals surface area contributed by atoms with Crippen LogP contribution in [0.25, 0.3) is 0 Å². The molecule has 0 spiro atoms. The minimum Gasteiger partial charge on any atom is -0.322 e. The van der Waals surface area contributed by atoms with Crippen LogP contribution in [-0.4, -0.2) is 40.1 Å². The predicted octanol–water partition coefficient (Wildman–Crippen LogP) is 4.97. The van der Waals surface area contributed by atoms with Crippen LogP contribution in [0, 0.1) is 0 Å². The number of amides is 1. The van der Waals surface area contributed by atoms with Gasteiger partial charge in [-0.25, -0.2) is 21.1 Å². The van der Waals surface area contributed by atoms with Gasteiger partial charge in [0.2, 0.25) is 10.0 Å². The molecule has 0 radical (unpaired) electrons. The SMILES string of the molecule is O=C(Nc1ccc(S(=O)(=O)Nc2cccc(Cl)c2Cl)cc1)c1ccc(CS(=O)(=O)N2CCCC2)cc1. The first-order valence-corrected chi connectivity index (χ1v) is 14.8. The largest absolute Gasteiger partial charge is 0.322 e. The van der Waals surface area contributed by atoms with Crippen molar-refractivity contribution in [2.75, 3.05) is 23.1 Å². The summed E-state index contributed by atoms with van der Waals surface area (Å²) in [6.07, 6.45) is 1.75. The molecule has 1 saturated heterocycles. The van der Waals surface area contributed by atoms with Crippen molar-refractivity contribution in [2.24, 2.45) is 0 Å². The number of carbonyl (C=O) groups is 1. The lowest BCUT2D eigenvalue weighted by Gasteiger charge is -2.15. The van der Waals surface area contributed by atoms with Crippen LogP contribution in [0.2, 0.25) is 10.0 Å². The monoisotopic (exact) mass is 567 g/mol. The number of nitrogens with zero attached hydrogens (tertiary/aromatic N) is 1. The van der Waals surface area contributed by atoms with Gasteiger partial charge in [0.05, 0.1) is 26.4 Å². The Morgan fingerprint density at radius 1 is 0.861 bits per heavy atom. The number of carbonyl (C=O) groups excluding carboxylic acids is 1. The maximum atomic E-state index is 12.7. The molecule has 190 valence electrons. The summed E-state index contributed by atoms with van der Waals surface area (Å²) < 4.78 is 54.2. The summed E-state index contributed by atoms with van der Waals surface area (Å²) in [5.74, 6) is -0.525. The molecule has 0 atom stereocenters. The Labute approximate surface area is 220 Å². The van der Waals surface area contributed by atoms with E-state index in [2.05, 4.69) is 10.0 Å². The zero-order valence-electron chi connectivity index (χ0n) is 18.9. The quantitative estimate of drug-likeness (QED) is 0.399. The van der Waals surface area contributed by atoms with Crippen LogP contribution < -0.4 is 10.0 Å². The normalized spacial score (nSPS) is 14.5. The summed E-state index contributed by atoms with van der Waals surface area (Å²) >= 11 is 12.0. The number of sulfonamides is 2. The van der Waals surface area contributed by atoms with Gasteiger partial charge in [-0.05, 0) is 66.9 Å². The van der Waals surface area contributed by atoms with Gasteiger partial charge in [-0.1, -0.05) is 41.4 Å². The Bertz CT molecular complexity index is 1470. The van der Waals surface area contributed by atoms with Crippen molar-refractivity contribution < 1.29 is 21.6 Å². The average Bonchev–Trinajstić information content (AvgIpc) is 3.39. The van der Waals surface area contributed by atoms with Crippen molar-refractivity contribution in [3.8, 4) is 0 Å². The van der Waals surface area contributed by atoms with Crippen molar-refractivity contribution in [3.05, 3.63) is 87.9 Å². The molecule has 0 bridgehead atoms. The van der Waals surface area contributed by atoms with Crippen LogP contribution in [0.1, 0.15) is 28.8 Å². The van der Waals surface area contributed by atoms with Crippen LogP contribution in [-0.2, 0) is 25.8 Å². The van der Waals surface area contributed by atoms with Crippen LogP contribution in [0.5, 0.6) is 0 Å². The second-order valence-electron chi connectivity index (χ2n) is 8.24. The number of benzene rings is 3. The fourth-order valence-electron chi connectivity index (χ4n) is 3.73. The molecule has 3 aromatic rings.